The lowest BCUT2D eigenvalue weighted by molar-refractivity contribution is 0.231. The molecule has 1 saturated heterocycles. The summed E-state index contributed by atoms with van der Waals surface area (Å²) in [5, 5.41) is 18.9. The average molecular weight is 422 g/mol. The number of aryl methyl sites for hydroxylation is 1. The van der Waals surface area contributed by atoms with Gasteiger partial charge in [-0.15, -0.1) is 21.5 Å². The zero-order valence-electron chi connectivity index (χ0n) is 15.9. The van der Waals surface area contributed by atoms with E-state index in [4.69, 9.17) is 0 Å². The molecule has 11 heteroatoms. The molecule has 3 aromatic heterocycles. The number of tetrazole rings is 1. The summed E-state index contributed by atoms with van der Waals surface area (Å²) in [6.07, 6.45) is 3.22. The quantitative estimate of drug-likeness (QED) is 0.604. The van der Waals surface area contributed by atoms with Gasteiger partial charge in [-0.05, 0) is 49.3 Å². The molecule has 0 aliphatic carbocycles. The summed E-state index contributed by atoms with van der Waals surface area (Å²) in [6, 6.07) is 3.91. The van der Waals surface area contributed by atoms with Crippen molar-refractivity contribution in [1.29, 1.82) is 0 Å². The zero-order valence-corrected chi connectivity index (χ0v) is 17.5. The van der Waals surface area contributed by atoms with Gasteiger partial charge in [0, 0.05) is 19.6 Å². The molecule has 0 N–H and O–H groups in total. The van der Waals surface area contributed by atoms with Crippen LogP contribution in [-0.4, -0.2) is 55.8 Å². The van der Waals surface area contributed by atoms with Crippen molar-refractivity contribution < 1.29 is 8.42 Å². The Labute approximate surface area is 168 Å². The van der Waals surface area contributed by atoms with Crippen LogP contribution < -0.4 is 0 Å². The Hall–Kier alpha value is -2.11. The van der Waals surface area contributed by atoms with E-state index >= 15 is 0 Å². The van der Waals surface area contributed by atoms with Crippen molar-refractivity contribution in [3.8, 4) is 10.7 Å². The lowest BCUT2D eigenvalue weighted by Gasteiger charge is -2.31. The molecule has 1 aliphatic rings. The van der Waals surface area contributed by atoms with Crippen LogP contribution >= 0.6 is 11.3 Å². The van der Waals surface area contributed by atoms with Crippen LogP contribution in [0.4, 0.5) is 0 Å². The summed E-state index contributed by atoms with van der Waals surface area (Å²) in [7, 11) is -3.55. The predicted molar refractivity (Wildman–Crippen MR) is 105 cm³/mol. The Bertz CT molecular complexity index is 1040. The predicted octanol–water partition coefficient (Wildman–Crippen LogP) is 2.03. The highest BCUT2D eigenvalue weighted by molar-refractivity contribution is 7.89. The van der Waals surface area contributed by atoms with E-state index in [0.717, 1.165) is 17.7 Å². The Kier molecular flexibility index (Phi) is 5.30. The van der Waals surface area contributed by atoms with E-state index in [2.05, 4.69) is 20.5 Å². The van der Waals surface area contributed by atoms with Gasteiger partial charge in [0.2, 0.25) is 15.8 Å². The number of aromatic nitrogens is 6. The molecule has 0 radical (unpaired) electrons. The second-order valence-electron chi connectivity index (χ2n) is 6.93. The molecule has 0 unspecified atom stereocenters. The van der Waals surface area contributed by atoms with Crippen LogP contribution in [0.2, 0.25) is 0 Å². The van der Waals surface area contributed by atoms with Gasteiger partial charge >= 0.3 is 0 Å². The molecule has 1 aliphatic heterocycles. The summed E-state index contributed by atoms with van der Waals surface area (Å²) in [4.78, 5) is 2.85. The van der Waals surface area contributed by atoms with Gasteiger partial charge in [-0.2, -0.15) is 14.2 Å². The van der Waals surface area contributed by atoms with Crippen LogP contribution in [-0.2, 0) is 23.1 Å². The minimum Gasteiger partial charge on any atom is -0.269 e. The van der Waals surface area contributed by atoms with Crippen molar-refractivity contribution >= 4 is 21.4 Å². The molecule has 0 saturated carbocycles. The number of sulfonamides is 1. The van der Waals surface area contributed by atoms with E-state index < -0.39 is 10.0 Å². The highest BCUT2D eigenvalue weighted by atomic mass is 32.2. The molecule has 3 aromatic rings. The molecule has 150 valence electrons. The molecule has 9 nitrogen and oxygen atoms in total. The van der Waals surface area contributed by atoms with Gasteiger partial charge in [0.25, 0.3) is 0 Å². The highest BCUT2D eigenvalue weighted by Gasteiger charge is 2.33. The first-order valence-corrected chi connectivity index (χ1v) is 11.6. The van der Waals surface area contributed by atoms with Crippen LogP contribution in [0.1, 0.15) is 25.5 Å². The number of hydrogen-bond donors (Lipinski definition) is 0. The fourth-order valence-electron chi connectivity index (χ4n) is 3.59. The maximum atomic E-state index is 13.1. The van der Waals surface area contributed by atoms with E-state index in [9.17, 15) is 8.42 Å². The van der Waals surface area contributed by atoms with Crippen LogP contribution in [0.5, 0.6) is 0 Å². The van der Waals surface area contributed by atoms with E-state index in [-0.39, 0.29) is 5.92 Å². The topological polar surface area (TPSA) is 98.8 Å². The van der Waals surface area contributed by atoms with E-state index in [1.165, 1.54) is 6.20 Å². The van der Waals surface area contributed by atoms with Crippen LogP contribution in [0, 0.1) is 12.8 Å². The number of rotatable bonds is 6. The monoisotopic (exact) mass is 421 g/mol. The van der Waals surface area contributed by atoms with Crippen molar-refractivity contribution in [2.75, 3.05) is 13.1 Å². The molecule has 4 heterocycles. The van der Waals surface area contributed by atoms with Gasteiger partial charge in [0.15, 0.2) is 0 Å². The molecule has 0 bridgehead atoms. The van der Waals surface area contributed by atoms with E-state index in [1.807, 2.05) is 24.4 Å². The number of nitrogens with zero attached hydrogens (tertiary/aromatic N) is 7. The fraction of sp³-hybridized carbons (Fsp3) is 0.529. The first-order chi connectivity index (χ1) is 13.5. The van der Waals surface area contributed by atoms with Gasteiger partial charge in [0.05, 0.1) is 23.3 Å². The first-order valence-electron chi connectivity index (χ1n) is 9.33. The lowest BCUT2D eigenvalue weighted by atomic mass is 10.00. The molecule has 4 rings (SSSR count). The average Bonchev–Trinajstić information content (AvgIpc) is 3.42. The molecular weight excluding hydrogens is 398 g/mol. The summed E-state index contributed by atoms with van der Waals surface area (Å²) in [6.45, 7) is 5.93. The van der Waals surface area contributed by atoms with Crippen molar-refractivity contribution in [3.63, 3.8) is 0 Å². The molecule has 0 spiro atoms. The molecule has 28 heavy (non-hydrogen) atoms. The zero-order chi connectivity index (χ0) is 19.7. The molecule has 0 aromatic carbocycles. The number of thiophene rings is 1. The van der Waals surface area contributed by atoms with Gasteiger partial charge < -0.3 is 0 Å². The number of hydrogen-bond acceptors (Lipinski definition) is 7. The lowest BCUT2D eigenvalue weighted by Crippen LogP contribution is -2.41. The number of piperidine rings is 1. The van der Waals surface area contributed by atoms with Gasteiger partial charge in [-0.3, -0.25) is 4.68 Å². The molecular formula is C17H23N7O2S2. The summed E-state index contributed by atoms with van der Waals surface area (Å²) in [5.74, 6) is 0.758. The Morgan fingerprint density at radius 1 is 1.36 bits per heavy atom. The van der Waals surface area contributed by atoms with Crippen LogP contribution in [0.3, 0.4) is 0 Å². The minimum absolute atomic E-state index is 0.149. The van der Waals surface area contributed by atoms with Crippen molar-refractivity contribution in [2.24, 2.45) is 5.92 Å². The maximum Gasteiger partial charge on any atom is 0.246 e. The second-order valence-corrected chi connectivity index (χ2v) is 9.78. The van der Waals surface area contributed by atoms with Crippen LogP contribution in [0.25, 0.3) is 10.7 Å². The Balaban J connectivity index is 1.47. The Morgan fingerprint density at radius 2 is 2.21 bits per heavy atom. The van der Waals surface area contributed by atoms with Crippen molar-refractivity contribution in [3.05, 3.63) is 29.4 Å². The summed E-state index contributed by atoms with van der Waals surface area (Å²) >= 11 is 1.57. The van der Waals surface area contributed by atoms with Gasteiger partial charge in [-0.1, -0.05) is 6.07 Å². The van der Waals surface area contributed by atoms with E-state index in [0.29, 0.717) is 42.6 Å². The largest absolute Gasteiger partial charge is 0.269 e. The third-order valence-electron chi connectivity index (χ3n) is 5.07. The SMILES string of the molecule is CCn1ncc(S(=O)(=O)N2CCC[C@H](Cn3nnc(-c4cccs4)n3)C2)c1C. The fourth-order valence-corrected chi connectivity index (χ4v) is 5.95. The smallest absolute Gasteiger partial charge is 0.246 e. The van der Waals surface area contributed by atoms with Crippen molar-refractivity contribution in [1.82, 2.24) is 34.3 Å². The highest BCUT2D eigenvalue weighted by Crippen LogP contribution is 2.26. The third-order valence-corrected chi connectivity index (χ3v) is 7.91. The maximum absolute atomic E-state index is 13.1. The molecule has 1 atom stereocenters. The normalized spacial score (nSPS) is 18.6. The first kappa shape index (κ1) is 19.2. The van der Waals surface area contributed by atoms with Crippen molar-refractivity contribution in [2.45, 2.75) is 44.7 Å². The van der Waals surface area contributed by atoms with Gasteiger partial charge in [0.1, 0.15) is 4.90 Å². The standard InChI is InChI=1S/C17H23N7O2S2/c1-3-23-13(2)16(10-18-23)28(25,26)22-8-4-6-14(11-22)12-24-20-17(19-21-24)15-7-5-9-27-15/h5,7,9-10,14H,3-4,6,8,11-12H2,1-2H3/t14-/m0/s1. The second kappa shape index (κ2) is 7.72. The molecule has 0 amide bonds. The summed E-state index contributed by atoms with van der Waals surface area (Å²) in [5.41, 5.74) is 0.683. The van der Waals surface area contributed by atoms with Crippen LogP contribution in [0.15, 0.2) is 28.6 Å². The molecule has 1 fully saturated rings. The summed E-state index contributed by atoms with van der Waals surface area (Å²) < 4.78 is 29.5. The third kappa shape index (κ3) is 3.61. The van der Waals surface area contributed by atoms with E-state index in [1.54, 1.807) is 32.0 Å². The van der Waals surface area contributed by atoms with Gasteiger partial charge in [-0.25, -0.2) is 8.42 Å². The Morgan fingerprint density at radius 3 is 2.93 bits per heavy atom. The minimum atomic E-state index is -3.55.